The number of nitrogens with zero attached hydrogens (tertiary/aromatic N) is 1. The van der Waals surface area contributed by atoms with Crippen LogP contribution < -0.4 is 10.6 Å². The summed E-state index contributed by atoms with van der Waals surface area (Å²) in [6.45, 7) is 5.18. The number of nitrogens with one attached hydrogen (secondary N) is 2. The molecule has 1 aliphatic rings. The van der Waals surface area contributed by atoms with Crippen molar-refractivity contribution < 1.29 is 9.21 Å². The van der Waals surface area contributed by atoms with Crippen LogP contribution in [-0.4, -0.2) is 37.0 Å². The molecule has 2 heterocycles. The number of carbonyl (C=O) groups is 1. The summed E-state index contributed by atoms with van der Waals surface area (Å²) < 4.78 is 6.15. The average Bonchev–Trinajstić information content (AvgIpc) is 3.24. The molecular formula is C26H26ClN3O2. The van der Waals surface area contributed by atoms with Crippen molar-refractivity contribution in [1.29, 1.82) is 0 Å². The second-order valence-corrected chi connectivity index (χ2v) is 7.87. The van der Waals surface area contributed by atoms with Crippen LogP contribution in [0.15, 0.2) is 83.3 Å². The van der Waals surface area contributed by atoms with Gasteiger partial charge < -0.3 is 15.1 Å². The predicted molar refractivity (Wildman–Crippen MR) is 131 cm³/mol. The first-order valence-corrected chi connectivity index (χ1v) is 10.7. The highest BCUT2D eigenvalue weighted by molar-refractivity contribution is 6.06. The van der Waals surface area contributed by atoms with E-state index in [1.807, 2.05) is 48.5 Å². The molecule has 0 radical (unpaired) electrons. The van der Waals surface area contributed by atoms with Gasteiger partial charge in [0.05, 0.1) is 5.69 Å². The number of benzene rings is 3. The van der Waals surface area contributed by atoms with Gasteiger partial charge in [0.2, 0.25) is 0 Å². The number of fused-ring (bicyclic) bond motifs is 1. The van der Waals surface area contributed by atoms with Crippen LogP contribution in [0.3, 0.4) is 0 Å². The zero-order valence-electron chi connectivity index (χ0n) is 17.7. The zero-order chi connectivity index (χ0) is 21.0. The maximum Gasteiger partial charge on any atom is 0.255 e. The van der Waals surface area contributed by atoms with Crippen molar-refractivity contribution in [3.05, 3.63) is 90.0 Å². The maximum atomic E-state index is 12.7. The molecule has 0 atom stereocenters. The van der Waals surface area contributed by atoms with Gasteiger partial charge in [0, 0.05) is 49.2 Å². The molecule has 3 aromatic carbocycles. The number of hydrogen-bond acceptors (Lipinski definition) is 4. The fraction of sp³-hybridized carbons (Fsp3) is 0.192. The number of amides is 1. The van der Waals surface area contributed by atoms with Gasteiger partial charge in [-0.25, -0.2) is 0 Å². The molecule has 32 heavy (non-hydrogen) atoms. The van der Waals surface area contributed by atoms with Gasteiger partial charge in [-0.05, 0) is 48.0 Å². The van der Waals surface area contributed by atoms with Crippen molar-refractivity contribution in [3.8, 4) is 11.3 Å². The fourth-order valence-electron chi connectivity index (χ4n) is 4.04. The van der Waals surface area contributed by atoms with E-state index in [0.717, 1.165) is 60.7 Å². The topological polar surface area (TPSA) is 57.5 Å². The van der Waals surface area contributed by atoms with E-state index in [9.17, 15) is 4.79 Å². The molecule has 5 nitrogen and oxygen atoms in total. The van der Waals surface area contributed by atoms with E-state index in [1.165, 1.54) is 5.56 Å². The van der Waals surface area contributed by atoms with Crippen LogP contribution in [0.2, 0.25) is 0 Å². The van der Waals surface area contributed by atoms with E-state index >= 15 is 0 Å². The average molecular weight is 448 g/mol. The van der Waals surface area contributed by atoms with Crippen molar-refractivity contribution in [3.63, 3.8) is 0 Å². The molecule has 1 amide bonds. The van der Waals surface area contributed by atoms with Gasteiger partial charge in [0.1, 0.15) is 11.3 Å². The van der Waals surface area contributed by atoms with Crippen molar-refractivity contribution in [2.75, 3.05) is 31.5 Å². The highest BCUT2D eigenvalue weighted by Crippen LogP contribution is 2.33. The van der Waals surface area contributed by atoms with Gasteiger partial charge in [-0.1, -0.05) is 36.4 Å². The van der Waals surface area contributed by atoms with Gasteiger partial charge in [0.25, 0.3) is 5.91 Å². The normalized spacial score (nSPS) is 14.1. The summed E-state index contributed by atoms with van der Waals surface area (Å²) in [5.41, 5.74) is 4.36. The number of para-hydroxylation sites is 1. The third-order valence-electron chi connectivity index (χ3n) is 5.67. The molecule has 1 aromatic heterocycles. The van der Waals surface area contributed by atoms with E-state index in [1.54, 1.807) is 12.1 Å². The van der Waals surface area contributed by atoms with E-state index in [-0.39, 0.29) is 18.3 Å². The van der Waals surface area contributed by atoms with Crippen molar-refractivity contribution in [2.45, 2.75) is 6.54 Å². The van der Waals surface area contributed by atoms with Crippen LogP contribution in [-0.2, 0) is 6.54 Å². The molecular weight excluding hydrogens is 422 g/mol. The highest BCUT2D eigenvalue weighted by atomic mass is 35.5. The lowest BCUT2D eigenvalue weighted by Crippen LogP contribution is -2.42. The van der Waals surface area contributed by atoms with Crippen LogP contribution in [0.4, 0.5) is 5.69 Å². The van der Waals surface area contributed by atoms with Gasteiger partial charge in [-0.3, -0.25) is 9.69 Å². The highest BCUT2D eigenvalue weighted by Gasteiger charge is 2.15. The third kappa shape index (κ3) is 4.86. The van der Waals surface area contributed by atoms with E-state index in [0.29, 0.717) is 5.56 Å². The third-order valence-corrected chi connectivity index (χ3v) is 5.67. The second-order valence-electron chi connectivity index (χ2n) is 7.87. The lowest BCUT2D eigenvalue weighted by atomic mass is 10.1. The first-order chi connectivity index (χ1) is 15.3. The molecule has 1 aliphatic heterocycles. The molecule has 0 bridgehead atoms. The van der Waals surface area contributed by atoms with Gasteiger partial charge in [0.15, 0.2) is 0 Å². The Balaban J connectivity index is 0.00000245. The maximum absolute atomic E-state index is 12.7. The minimum absolute atomic E-state index is 0. The number of hydrogen-bond donors (Lipinski definition) is 2. The molecule has 0 unspecified atom stereocenters. The number of anilines is 1. The van der Waals surface area contributed by atoms with Crippen LogP contribution in [0.25, 0.3) is 22.3 Å². The summed E-state index contributed by atoms with van der Waals surface area (Å²) >= 11 is 0. The predicted octanol–water partition coefficient (Wildman–Crippen LogP) is 5.18. The Morgan fingerprint density at radius 1 is 0.938 bits per heavy atom. The van der Waals surface area contributed by atoms with E-state index < -0.39 is 0 Å². The summed E-state index contributed by atoms with van der Waals surface area (Å²) in [7, 11) is 0. The standard InChI is InChI=1S/C26H25N3O2.ClH/c30-26(20-6-2-1-3-7-20)28-23-9-5-4-8-22(23)25-17-21-16-19(10-11-24(21)31-25)18-29-14-12-27-13-15-29;/h1-11,16-17,27H,12-15,18H2,(H,28,30);1H. The molecule has 1 saturated heterocycles. The van der Waals surface area contributed by atoms with E-state index in [2.05, 4.69) is 33.7 Å². The number of piperazine rings is 1. The number of halogens is 1. The first kappa shape index (κ1) is 22.1. The Kier molecular flexibility index (Phi) is 6.90. The lowest BCUT2D eigenvalue weighted by Gasteiger charge is -2.27. The smallest absolute Gasteiger partial charge is 0.255 e. The molecule has 0 aliphatic carbocycles. The molecule has 4 aromatic rings. The van der Waals surface area contributed by atoms with Gasteiger partial charge >= 0.3 is 0 Å². The molecule has 5 rings (SSSR count). The fourth-order valence-corrected chi connectivity index (χ4v) is 4.04. The molecule has 6 heteroatoms. The number of rotatable bonds is 5. The second kappa shape index (κ2) is 10.0. The van der Waals surface area contributed by atoms with Gasteiger partial charge in [-0.2, -0.15) is 0 Å². The summed E-state index contributed by atoms with van der Waals surface area (Å²) in [6.07, 6.45) is 0. The molecule has 1 fully saturated rings. The molecule has 164 valence electrons. The van der Waals surface area contributed by atoms with Crippen molar-refractivity contribution >= 4 is 35.0 Å². The first-order valence-electron chi connectivity index (χ1n) is 10.7. The lowest BCUT2D eigenvalue weighted by molar-refractivity contribution is 0.102. The Labute approximate surface area is 193 Å². The monoisotopic (exact) mass is 447 g/mol. The van der Waals surface area contributed by atoms with Crippen LogP contribution in [0.5, 0.6) is 0 Å². The Hall–Kier alpha value is -3.12. The molecule has 0 saturated carbocycles. The van der Waals surface area contributed by atoms with Crippen LogP contribution in [0.1, 0.15) is 15.9 Å². The number of furan rings is 1. The van der Waals surface area contributed by atoms with Crippen molar-refractivity contribution in [1.82, 2.24) is 10.2 Å². The van der Waals surface area contributed by atoms with E-state index in [4.69, 9.17) is 4.42 Å². The van der Waals surface area contributed by atoms with Gasteiger partial charge in [-0.15, -0.1) is 12.4 Å². The molecule has 2 N–H and O–H groups in total. The quantitative estimate of drug-likeness (QED) is 0.442. The Bertz CT molecular complexity index is 1200. The van der Waals surface area contributed by atoms with Crippen LogP contribution >= 0.6 is 12.4 Å². The van der Waals surface area contributed by atoms with Crippen LogP contribution in [0, 0.1) is 0 Å². The zero-order valence-corrected chi connectivity index (χ0v) is 18.5. The SMILES string of the molecule is Cl.O=C(Nc1ccccc1-c1cc2cc(CN3CCNCC3)ccc2o1)c1ccccc1. The Morgan fingerprint density at radius 2 is 1.69 bits per heavy atom. The summed E-state index contributed by atoms with van der Waals surface area (Å²) in [5.74, 6) is 0.612. The summed E-state index contributed by atoms with van der Waals surface area (Å²) in [6, 6.07) is 25.4. The Morgan fingerprint density at radius 3 is 2.50 bits per heavy atom. The number of carbonyl (C=O) groups excluding carboxylic acids is 1. The largest absolute Gasteiger partial charge is 0.456 e. The molecule has 0 spiro atoms. The minimum atomic E-state index is -0.137. The summed E-state index contributed by atoms with van der Waals surface area (Å²) in [4.78, 5) is 15.1. The van der Waals surface area contributed by atoms with Crippen molar-refractivity contribution in [2.24, 2.45) is 0 Å². The summed E-state index contributed by atoms with van der Waals surface area (Å²) in [5, 5.41) is 7.49. The minimum Gasteiger partial charge on any atom is -0.456 e.